The summed E-state index contributed by atoms with van der Waals surface area (Å²) in [5.41, 5.74) is 0.831. The van der Waals surface area contributed by atoms with E-state index in [9.17, 15) is 27.9 Å². The Morgan fingerprint density at radius 1 is 1.14 bits per heavy atom. The average Bonchev–Trinajstić information content (AvgIpc) is 2.95. The summed E-state index contributed by atoms with van der Waals surface area (Å²) in [6.45, 7) is 4.97. The molecule has 2 heterocycles. The van der Waals surface area contributed by atoms with Crippen molar-refractivity contribution in [2.75, 3.05) is 37.4 Å². The SMILES string of the molecule is C[C@H](CO)N1C[C@H](C)[C@@H](CN(C)Cc2ccncc2)Oc2c(NC(=O)Nc3ccc(C(F)(F)F)cc3)cccc2C1=O. The molecular formula is C30H34F3N5O4. The van der Waals surface area contributed by atoms with E-state index in [1.54, 1.807) is 42.4 Å². The van der Waals surface area contributed by atoms with Crippen LogP contribution in [0.5, 0.6) is 5.75 Å². The number of benzene rings is 2. The third kappa shape index (κ3) is 7.56. The second kappa shape index (κ2) is 13.2. The predicted octanol–water partition coefficient (Wildman–Crippen LogP) is 5.10. The van der Waals surface area contributed by atoms with Crippen LogP contribution in [0.15, 0.2) is 67.0 Å². The van der Waals surface area contributed by atoms with Crippen molar-refractivity contribution < 1.29 is 32.6 Å². The number of carbonyl (C=O) groups is 2. The zero-order valence-electron chi connectivity index (χ0n) is 23.6. The quantitative estimate of drug-likeness (QED) is 0.340. The highest BCUT2D eigenvalue weighted by atomic mass is 19.4. The van der Waals surface area contributed by atoms with Crippen LogP contribution in [0.1, 0.15) is 35.3 Å². The molecule has 3 N–H and O–H groups in total. The van der Waals surface area contributed by atoms with Crippen LogP contribution in [0, 0.1) is 5.92 Å². The summed E-state index contributed by atoms with van der Waals surface area (Å²) in [5, 5.41) is 15.1. The van der Waals surface area contributed by atoms with E-state index in [4.69, 9.17) is 4.74 Å². The van der Waals surface area contributed by atoms with Crippen molar-refractivity contribution in [1.29, 1.82) is 0 Å². The van der Waals surface area contributed by atoms with Crippen molar-refractivity contribution in [3.63, 3.8) is 0 Å². The van der Waals surface area contributed by atoms with E-state index in [0.29, 0.717) is 19.6 Å². The number of aromatic nitrogens is 1. The minimum absolute atomic E-state index is 0.148. The summed E-state index contributed by atoms with van der Waals surface area (Å²) in [6, 6.07) is 11.5. The number of hydrogen-bond acceptors (Lipinski definition) is 6. The number of amides is 3. The molecule has 0 saturated heterocycles. The Labute approximate surface area is 242 Å². The molecule has 0 unspecified atom stereocenters. The van der Waals surface area contributed by atoms with E-state index in [2.05, 4.69) is 20.5 Å². The number of anilines is 2. The molecule has 0 fully saturated rings. The lowest BCUT2D eigenvalue weighted by atomic mass is 9.99. The number of aliphatic hydroxyl groups is 1. The molecule has 1 aromatic heterocycles. The summed E-state index contributed by atoms with van der Waals surface area (Å²) < 4.78 is 45.2. The van der Waals surface area contributed by atoms with Crippen molar-refractivity contribution in [3.8, 4) is 5.75 Å². The Bertz CT molecular complexity index is 1370. The predicted molar refractivity (Wildman–Crippen MR) is 152 cm³/mol. The van der Waals surface area contributed by atoms with Gasteiger partial charge in [0, 0.05) is 43.6 Å². The van der Waals surface area contributed by atoms with Crippen LogP contribution >= 0.6 is 0 Å². The topological polar surface area (TPSA) is 107 Å². The van der Waals surface area contributed by atoms with Crippen molar-refractivity contribution in [1.82, 2.24) is 14.8 Å². The second-order valence-corrected chi connectivity index (χ2v) is 10.5. The van der Waals surface area contributed by atoms with Gasteiger partial charge >= 0.3 is 12.2 Å². The molecule has 0 aliphatic carbocycles. The number of carbonyl (C=O) groups excluding carboxylic acids is 2. The van der Waals surface area contributed by atoms with Crippen molar-refractivity contribution >= 4 is 23.3 Å². The first-order valence-corrected chi connectivity index (χ1v) is 13.5. The van der Waals surface area contributed by atoms with Crippen LogP contribution in [-0.2, 0) is 12.7 Å². The summed E-state index contributed by atoms with van der Waals surface area (Å²) in [7, 11) is 1.96. The fraction of sp³-hybridized carbons (Fsp3) is 0.367. The number of urea groups is 1. The minimum Gasteiger partial charge on any atom is -0.486 e. The van der Waals surface area contributed by atoms with E-state index < -0.39 is 29.9 Å². The molecule has 4 rings (SSSR count). The molecule has 1 aliphatic heterocycles. The number of para-hydroxylation sites is 1. The number of pyridine rings is 1. The molecule has 12 heteroatoms. The number of hydrogen-bond donors (Lipinski definition) is 3. The van der Waals surface area contributed by atoms with Gasteiger partial charge in [0.2, 0.25) is 0 Å². The van der Waals surface area contributed by atoms with Gasteiger partial charge in [0.25, 0.3) is 5.91 Å². The lowest BCUT2D eigenvalue weighted by Gasteiger charge is -2.38. The van der Waals surface area contributed by atoms with Gasteiger partial charge in [-0.3, -0.25) is 14.7 Å². The lowest BCUT2D eigenvalue weighted by Crippen LogP contribution is -2.49. The van der Waals surface area contributed by atoms with Crippen LogP contribution in [0.4, 0.5) is 29.3 Å². The Balaban J connectivity index is 1.60. The molecule has 0 spiro atoms. The van der Waals surface area contributed by atoms with Gasteiger partial charge in [0.15, 0.2) is 5.75 Å². The van der Waals surface area contributed by atoms with Crippen LogP contribution in [-0.4, -0.2) is 70.7 Å². The Morgan fingerprint density at radius 3 is 2.48 bits per heavy atom. The number of rotatable bonds is 8. The third-order valence-corrected chi connectivity index (χ3v) is 7.10. The standard InChI is InChI=1S/C30H34F3N5O4/c1-19-15-38(20(2)18-39)28(40)24-5-4-6-25(36-29(41)35-23-9-7-22(8-10-23)30(31,32)33)27(24)42-26(19)17-37(3)16-21-11-13-34-14-12-21/h4-14,19-20,26,39H,15-18H2,1-3H3,(H2,35,36,41)/t19-,20+,26+/m0/s1. The maximum absolute atomic E-state index is 13.6. The zero-order chi connectivity index (χ0) is 30.4. The van der Waals surface area contributed by atoms with Gasteiger partial charge < -0.3 is 25.4 Å². The number of ether oxygens (including phenoxy) is 1. The van der Waals surface area contributed by atoms with Gasteiger partial charge in [-0.05, 0) is 68.1 Å². The van der Waals surface area contributed by atoms with Gasteiger partial charge in [0.05, 0.1) is 29.5 Å². The summed E-state index contributed by atoms with van der Waals surface area (Å²) in [6.07, 6.45) is -1.45. The van der Waals surface area contributed by atoms with E-state index in [0.717, 1.165) is 29.8 Å². The van der Waals surface area contributed by atoms with Crippen LogP contribution in [0.2, 0.25) is 0 Å². The number of nitrogens with one attached hydrogen (secondary N) is 2. The highest BCUT2D eigenvalue weighted by Gasteiger charge is 2.35. The third-order valence-electron chi connectivity index (χ3n) is 7.10. The average molecular weight is 586 g/mol. The van der Waals surface area contributed by atoms with Gasteiger partial charge in [-0.15, -0.1) is 0 Å². The van der Waals surface area contributed by atoms with E-state index >= 15 is 0 Å². The zero-order valence-corrected chi connectivity index (χ0v) is 23.6. The molecule has 3 aromatic rings. The highest BCUT2D eigenvalue weighted by molar-refractivity contribution is 6.04. The fourth-order valence-corrected chi connectivity index (χ4v) is 4.76. The molecule has 2 aromatic carbocycles. The lowest BCUT2D eigenvalue weighted by molar-refractivity contribution is -0.137. The maximum Gasteiger partial charge on any atom is 0.416 e. The number of alkyl halides is 3. The summed E-state index contributed by atoms with van der Waals surface area (Å²) >= 11 is 0. The number of nitrogens with zero attached hydrogens (tertiary/aromatic N) is 3. The Hall–Kier alpha value is -4.16. The van der Waals surface area contributed by atoms with Crippen LogP contribution in [0.3, 0.4) is 0 Å². The normalized spacial score (nSPS) is 18.0. The van der Waals surface area contributed by atoms with Gasteiger partial charge in [0.1, 0.15) is 6.10 Å². The van der Waals surface area contributed by atoms with Crippen LogP contribution < -0.4 is 15.4 Å². The molecule has 9 nitrogen and oxygen atoms in total. The van der Waals surface area contributed by atoms with E-state index in [1.165, 1.54) is 0 Å². The molecular weight excluding hydrogens is 551 g/mol. The molecule has 0 radical (unpaired) electrons. The number of aliphatic hydroxyl groups excluding tert-OH is 1. The Morgan fingerprint density at radius 2 is 1.83 bits per heavy atom. The highest BCUT2D eigenvalue weighted by Crippen LogP contribution is 2.35. The number of fused-ring (bicyclic) bond motifs is 1. The van der Waals surface area contributed by atoms with Crippen molar-refractivity contribution in [3.05, 3.63) is 83.7 Å². The van der Waals surface area contributed by atoms with Crippen molar-refractivity contribution in [2.24, 2.45) is 5.92 Å². The monoisotopic (exact) mass is 585 g/mol. The molecule has 3 atom stereocenters. The van der Waals surface area contributed by atoms with E-state index in [-0.39, 0.29) is 41.1 Å². The summed E-state index contributed by atoms with van der Waals surface area (Å²) in [5.74, 6) is -0.326. The first-order chi connectivity index (χ1) is 20.0. The van der Waals surface area contributed by atoms with Gasteiger partial charge in [-0.1, -0.05) is 13.0 Å². The van der Waals surface area contributed by atoms with E-state index in [1.807, 2.05) is 26.1 Å². The van der Waals surface area contributed by atoms with Gasteiger partial charge in [-0.25, -0.2) is 4.79 Å². The summed E-state index contributed by atoms with van der Waals surface area (Å²) in [4.78, 5) is 34.3. The number of likely N-dealkylation sites (N-methyl/N-ethyl adjacent to an activating group) is 1. The molecule has 42 heavy (non-hydrogen) atoms. The second-order valence-electron chi connectivity index (χ2n) is 10.5. The first kappa shape index (κ1) is 30.8. The van der Waals surface area contributed by atoms with Gasteiger partial charge in [-0.2, -0.15) is 13.2 Å². The molecule has 0 saturated carbocycles. The molecule has 3 amide bonds. The minimum atomic E-state index is -4.49. The van der Waals surface area contributed by atoms with Crippen LogP contribution in [0.25, 0.3) is 0 Å². The first-order valence-electron chi connectivity index (χ1n) is 13.5. The molecule has 224 valence electrons. The smallest absolute Gasteiger partial charge is 0.416 e. The Kier molecular flexibility index (Phi) is 9.69. The molecule has 1 aliphatic rings. The number of halogens is 3. The van der Waals surface area contributed by atoms with Crippen molar-refractivity contribution in [2.45, 2.75) is 38.7 Å². The largest absolute Gasteiger partial charge is 0.486 e. The maximum atomic E-state index is 13.6. The molecule has 0 bridgehead atoms. The fourth-order valence-electron chi connectivity index (χ4n) is 4.76.